The van der Waals surface area contributed by atoms with Gasteiger partial charge in [-0.1, -0.05) is 13.3 Å². The molecule has 0 aliphatic carbocycles. The van der Waals surface area contributed by atoms with E-state index in [2.05, 4.69) is 20.1 Å². The second kappa shape index (κ2) is 8.26. The minimum absolute atomic E-state index is 0. The Morgan fingerprint density at radius 1 is 1.29 bits per heavy atom. The molecule has 1 aliphatic heterocycles. The highest BCUT2D eigenvalue weighted by molar-refractivity contribution is 5.94. The summed E-state index contributed by atoms with van der Waals surface area (Å²) in [6, 6.07) is 7.25. The van der Waals surface area contributed by atoms with Gasteiger partial charge < -0.3 is 15.6 Å². The number of aryl methyl sites for hydroxylation is 1. The van der Waals surface area contributed by atoms with Crippen molar-refractivity contribution >= 4 is 24.0 Å². The van der Waals surface area contributed by atoms with Crippen molar-refractivity contribution in [1.29, 1.82) is 0 Å². The predicted molar refractivity (Wildman–Crippen MR) is 97.2 cm³/mol. The molecule has 0 saturated carbocycles. The van der Waals surface area contributed by atoms with E-state index in [1.165, 1.54) is 12.8 Å². The Morgan fingerprint density at radius 2 is 2.04 bits per heavy atom. The van der Waals surface area contributed by atoms with Gasteiger partial charge in [0.1, 0.15) is 5.82 Å². The van der Waals surface area contributed by atoms with Crippen LogP contribution in [0.15, 0.2) is 24.3 Å². The van der Waals surface area contributed by atoms with Crippen molar-refractivity contribution in [3.63, 3.8) is 0 Å². The van der Waals surface area contributed by atoms with Gasteiger partial charge in [-0.15, -0.1) is 22.6 Å². The molecule has 1 atom stereocenters. The minimum atomic E-state index is -0.455. The van der Waals surface area contributed by atoms with Gasteiger partial charge in [0.2, 0.25) is 5.91 Å². The predicted octanol–water partition coefficient (Wildman–Crippen LogP) is 2.77. The van der Waals surface area contributed by atoms with Gasteiger partial charge in [0.25, 0.3) is 0 Å². The fourth-order valence-corrected chi connectivity index (χ4v) is 2.90. The summed E-state index contributed by atoms with van der Waals surface area (Å²) in [4.78, 5) is 11.9. The molecule has 1 aromatic heterocycles. The average molecular weight is 350 g/mol. The van der Waals surface area contributed by atoms with E-state index in [4.69, 9.17) is 5.73 Å². The van der Waals surface area contributed by atoms with Gasteiger partial charge in [0.05, 0.1) is 6.04 Å². The second-order valence-electron chi connectivity index (χ2n) is 6.01. The van der Waals surface area contributed by atoms with Crippen LogP contribution in [0.5, 0.6) is 0 Å². The molecule has 2 heterocycles. The average Bonchev–Trinajstić information content (AvgIpc) is 3.00. The largest absolute Gasteiger partial charge is 0.325 e. The molecule has 0 fully saturated rings. The molecule has 24 heavy (non-hydrogen) atoms. The number of fused-ring (bicyclic) bond motifs is 1. The summed E-state index contributed by atoms with van der Waals surface area (Å²) in [5.41, 5.74) is 7.59. The molecule has 6 nitrogen and oxygen atoms in total. The van der Waals surface area contributed by atoms with Crippen molar-refractivity contribution in [1.82, 2.24) is 14.8 Å². The van der Waals surface area contributed by atoms with Crippen molar-refractivity contribution in [3.05, 3.63) is 30.1 Å². The van der Waals surface area contributed by atoms with Crippen molar-refractivity contribution in [2.75, 3.05) is 5.32 Å². The molecular formula is C17H24ClN5O. The van der Waals surface area contributed by atoms with E-state index in [1.807, 2.05) is 31.2 Å². The third-order valence-corrected chi connectivity index (χ3v) is 4.21. The van der Waals surface area contributed by atoms with E-state index in [9.17, 15) is 4.79 Å². The van der Waals surface area contributed by atoms with E-state index in [0.29, 0.717) is 6.42 Å². The molecule has 0 radical (unpaired) electrons. The number of benzene rings is 1. The van der Waals surface area contributed by atoms with E-state index in [-0.39, 0.29) is 18.3 Å². The van der Waals surface area contributed by atoms with E-state index >= 15 is 0 Å². The zero-order valence-electron chi connectivity index (χ0n) is 13.9. The number of hydrogen-bond donors (Lipinski definition) is 2. The van der Waals surface area contributed by atoms with Gasteiger partial charge in [0, 0.05) is 24.2 Å². The maximum absolute atomic E-state index is 11.9. The molecule has 3 rings (SSSR count). The summed E-state index contributed by atoms with van der Waals surface area (Å²) in [5, 5.41) is 11.4. The molecule has 130 valence electrons. The Balaban J connectivity index is 0.00000208. The SMILES string of the molecule is CCCC(N)C(=O)Nc1ccc(-c2nnc3n2CCCC3)cc1.Cl. The highest BCUT2D eigenvalue weighted by Crippen LogP contribution is 2.24. The smallest absolute Gasteiger partial charge is 0.241 e. The molecule has 0 bridgehead atoms. The molecule has 1 unspecified atom stereocenters. The van der Waals surface area contributed by atoms with Crippen LogP contribution in [0, 0.1) is 0 Å². The lowest BCUT2D eigenvalue weighted by atomic mass is 10.1. The third-order valence-electron chi connectivity index (χ3n) is 4.21. The van der Waals surface area contributed by atoms with Crippen molar-refractivity contribution in [3.8, 4) is 11.4 Å². The number of halogens is 1. The van der Waals surface area contributed by atoms with Crippen molar-refractivity contribution in [2.24, 2.45) is 5.73 Å². The van der Waals surface area contributed by atoms with Gasteiger partial charge in [-0.3, -0.25) is 4.79 Å². The standard InChI is InChI=1S/C17H23N5O.ClH/c1-2-5-14(18)17(23)19-13-9-7-12(8-10-13)16-21-20-15-6-3-4-11-22(15)16;/h7-10,14H,2-6,11,18H2,1H3,(H,19,23);1H. The van der Waals surface area contributed by atoms with Crippen LogP contribution >= 0.6 is 12.4 Å². The number of rotatable bonds is 5. The zero-order valence-corrected chi connectivity index (χ0v) is 14.7. The van der Waals surface area contributed by atoms with Crippen LogP contribution in [-0.4, -0.2) is 26.7 Å². The molecule has 1 aromatic carbocycles. The summed E-state index contributed by atoms with van der Waals surface area (Å²) >= 11 is 0. The van der Waals surface area contributed by atoms with Gasteiger partial charge >= 0.3 is 0 Å². The molecular weight excluding hydrogens is 326 g/mol. The van der Waals surface area contributed by atoms with Crippen LogP contribution in [0.1, 0.15) is 38.4 Å². The number of nitrogens with one attached hydrogen (secondary N) is 1. The third kappa shape index (κ3) is 3.94. The summed E-state index contributed by atoms with van der Waals surface area (Å²) in [5.74, 6) is 1.83. The highest BCUT2D eigenvalue weighted by atomic mass is 35.5. The Morgan fingerprint density at radius 3 is 2.75 bits per heavy atom. The summed E-state index contributed by atoms with van der Waals surface area (Å²) in [6.07, 6.45) is 4.93. The number of nitrogens with zero attached hydrogens (tertiary/aromatic N) is 3. The first kappa shape index (κ1) is 18.4. The molecule has 0 saturated heterocycles. The first-order chi connectivity index (χ1) is 11.2. The summed E-state index contributed by atoms with van der Waals surface area (Å²) in [6.45, 7) is 2.99. The number of hydrogen-bond acceptors (Lipinski definition) is 4. The normalized spacial score (nSPS) is 14.4. The van der Waals surface area contributed by atoms with E-state index in [1.54, 1.807) is 0 Å². The number of anilines is 1. The molecule has 1 amide bonds. The van der Waals surface area contributed by atoms with Crippen LogP contribution in [0.4, 0.5) is 5.69 Å². The maximum atomic E-state index is 11.9. The Bertz CT molecular complexity index is 683. The molecule has 0 spiro atoms. The Labute approximate surface area is 148 Å². The van der Waals surface area contributed by atoms with E-state index < -0.39 is 6.04 Å². The lowest BCUT2D eigenvalue weighted by Crippen LogP contribution is -2.35. The van der Waals surface area contributed by atoms with Crippen LogP contribution in [0.3, 0.4) is 0 Å². The lowest BCUT2D eigenvalue weighted by molar-refractivity contribution is -0.117. The summed E-state index contributed by atoms with van der Waals surface area (Å²) < 4.78 is 2.19. The number of amides is 1. The zero-order chi connectivity index (χ0) is 16.2. The quantitative estimate of drug-likeness (QED) is 0.869. The van der Waals surface area contributed by atoms with Gasteiger partial charge in [-0.05, 0) is 43.5 Å². The van der Waals surface area contributed by atoms with Gasteiger partial charge in [-0.25, -0.2) is 0 Å². The monoisotopic (exact) mass is 349 g/mol. The lowest BCUT2D eigenvalue weighted by Gasteiger charge is -2.15. The molecule has 7 heteroatoms. The minimum Gasteiger partial charge on any atom is -0.325 e. The second-order valence-corrected chi connectivity index (χ2v) is 6.01. The summed E-state index contributed by atoms with van der Waals surface area (Å²) in [7, 11) is 0. The van der Waals surface area contributed by atoms with Crippen LogP contribution in [0.25, 0.3) is 11.4 Å². The van der Waals surface area contributed by atoms with E-state index in [0.717, 1.165) is 42.3 Å². The maximum Gasteiger partial charge on any atom is 0.241 e. The van der Waals surface area contributed by atoms with Crippen molar-refractivity contribution < 1.29 is 4.79 Å². The number of carbonyl (C=O) groups is 1. The fourth-order valence-electron chi connectivity index (χ4n) is 2.90. The first-order valence-electron chi connectivity index (χ1n) is 8.28. The van der Waals surface area contributed by atoms with Crippen LogP contribution in [0.2, 0.25) is 0 Å². The first-order valence-corrected chi connectivity index (χ1v) is 8.28. The van der Waals surface area contributed by atoms with Crippen LogP contribution in [-0.2, 0) is 17.8 Å². The Hall–Kier alpha value is -1.92. The molecule has 1 aliphatic rings. The van der Waals surface area contributed by atoms with Crippen molar-refractivity contribution in [2.45, 2.75) is 51.6 Å². The topological polar surface area (TPSA) is 85.8 Å². The van der Waals surface area contributed by atoms with Gasteiger partial charge in [-0.2, -0.15) is 0 Å². The highest BCUT2D eigenvalue weighted by Gasteiger charge is 2.17. The Kier molecular flexibility index (Phi) is 6.34. The number of carbonyl (C=O) groups excluding carboxylic acids is 1. The van der Waals surface area contributed by atoms with Gasteiger partial charge in [0.15, 0.2) is 5.82 Å². The molecule has 2 aromatic rings. The number of aromatic nitrogens is 3. The fraction of sp³-hybridized carbons (Fsp3) is 0.471. The number of nitrogens with two attached hydrogens (primary N) is 1. The van der Waals surface area contributed by atoms with Crippen LogP contribution < -0.4 is 11.1 Å². The molecule has 3 N–H and O–H groups in total.